The lowest BCUT2D eigenvalue weighted by Gasteiger charge is -2.14. The van der Waals surface area contributed by atoms with Gasteiger partial charge in [0, 0.05) is 12.2 Å². The van der Waals surface area contributed by atoms with Gasteiger partial charge in [0.15, 0.2) is 5.65 Å². The number of fused-ring (bicyclic) bond motifs is 1. The first kappa shape index (κ1) is 13.8. The molecule has 2 aromatic rings. The molecule has 1 atom stereocenters. The van der Waals surface area contributed by atoms with Crippen molar-refractivity contribution in [1.29, 1.82) is 0 Å². The number of anilines is 1. The average molecular weight is 326 g/mol. The molecule has 2 rings (SSSR count). The maximum atomic E-state index is 11.8. The fraction of sp³-hybridized carbons (Fsp3) is 0.417. The van der Waals surface area contributed by atoms with Gasteiger partial charge in [0.05, 0.1) is 4.47 Å². The molecule has 2 heterocycles. The van der Waals surface area contributed by atoms with Gasteiger partial charge in [0.1, 0.15) is 6.04 Å². The first-order valence-electron chi connectivity index (χ1n) is 6.05. The van der Waals surface area contributed by atoms with Gasteiger partial charge in [-0.2, -0.15) is 4.98 Å². The average Bonchev–Trinajstić information content (AvgIpc) is 2.72. The standard InChI is InChI=1S/C12H16BrN5O/c1-7(2)14-11(19)8(3)15-12-16-10-9(13)5-4-6-18(10)17-12/h4-8H,1-3H3,(H,14,19)(H,15,17). The molecule has 0 saturated heterocycles. The summed E-state index contributed by atoms with van der Waals surface area (Å²) in [6.07, 6.45) is 1.80. The van der Waals surface area contributed by atoms with Crippen LogP contribution in [0.2, 0.25) is 0 Å². The molecule has 19 heavy (non-hydrogen) atoms. The second-order valence-corrected chi connectivity index (χ2v) is 5.44. The molecule has 0 saturated carbocycles. The SMILES string of the molecule is CC(C)NC(=O)C(C)Nc1nc2c(Br)cccn2n1. The predicted molar refractivity (Wildman–Crippen MR) is 77.1 cm³/mol. The zero-order valence-electron chi connectivity index (χ0n) is 11.0. The third-order valence-corrected chi connectivity index (χ3v) is 3.10. The van der Waals surface area contributed by atoms with Crippen molar-refractivity contribution in [3.63, 3.8) is 0 Å². The number of rotatable bonds is 4. The van der Waals surface area contributed by atoms with E-state index >= 15 is 0 Å². The second kappa shape index (κ2) is 5.56. The van der Waals surface area contributed by atoms with Gasteiger partial charge in [-0.05, 0) is 48.8 Å². The number of amides is 1. The number of carbonyl (C=O) groups is 1. The zero-order valence-corrected chi connectivity index (χ0v) is 12.6. The molecule has 102 valence electrons. The van der Waals surface area contributed by atoms with Crippen LogP contribution in [0.25, 0.3) is 5.65 Å². The Morgan fingerprint density at radius 1 is 1.42 bits per heavy atom. The van der Waals surface area contributed by atoms with E-state index in [1.807, 2.05) is 26.0 Å². The van der Waals surface area contributed by atoms with E-state index in [4.69, 9.17) is 0 Å². The number of pyridine rings is 1. The summed E-state index contributed by atoms with van der Waals surface area (Å²) in [5.41, 5.74) is 0.710. The molecule has 1 amide bonds. The van der Waals surface area contributed by atoms with Gasteiger partial charge < -0.3 is 10.6 Å². The Morgan fingerprint density at radius 2 is 2.16 bits per heavy atom. The van der Waals surface area contributed by atoms with Crippen LogP contribution < -0.4 is 10.6 Å². The summed E-state index contributed by atoms with van der Waals surface area (Å²) in [5, 5.41) is 10.1. The lowest BCUT2D eigenvalue weighted by molar-refractivity contribution is -0.122. The Labute approximate surface area is 119 Å². The third kappa shape index (κ3) is 3.23. The molecule has 0 bridgehead atoms. The van der Waals surface area contributed by atoms with Crippen LogP contribution in [0.1, 0.15) is 20.8 Å². The van der Waals surface area contributed by atoms with E-state index < -0.39 is 6.04 Å². The topological polar surface area (TPSA) is 71.3 Å². The first-order valence-corrected chi connectivity index (χ1v) is 6.84. The van der Waals surface area contributed by atoms with E-state index in [2.05, 4.69) is 36.6 Å². The molecule has 0 aromatic carbocycles. The molecule has 6 nitrogen and oxygen atoms in total. The van der Waals surface area contributed by atoms with E-state index in [0.29, 0.717) is 11.6 Å². The summed E-state index contributed by atoms with van der Waals surface area (Å²) in [4.78, 5) is 16.1. The fourth-order valence-corrected chi connectivity index (χ4v) is 2.03. The number of aromatic nitrogens is 3. The van der Waals surface area contributed by atoms with Gasteiger partial charge in [-0.1, -0.05) is 0 Å². The van der Waals surface area contributed by atoms with Gasteiger partial charge in [0.25, 0.3) is 0 Å². The van der Waals surface area contributed by atoms with Crippen LogP contribution in [0, 0.1) is 0 Å². The number of nitrogens with zero attached hydrogens (tertiary/aromatic N) is 3. The molecule has 1 unspecified atom stereocenters. The number of hydrogen-bond acceptors (Lipinski definition) is 4. The number of nitrogens with one attached hydrogen (secondary N) is 2. The molecule has 2 aromatic heterocycles. The Morgan fingerprint density at radius 3 is 2.79 bits per heavy atom. The van der Waals surface area contributed by atoms with Crippen molar-refractivity contribution >= 4 is 33.4 Å². The number of carbonyl (C=O) groups excluding carboxylic acids is 1. The summed E-state index contributed by atoms with van der Waals surface area (Å²) in [6, 6.07) is 3.48. The monoisotopic (exact) mass is 325 g/mol. The molecule has 0 aliphatic rings. The van der Waals surface area contributed by atoms with Crippen molar-refractivity contribution in [3.05, 3.63) is 22.8 Å². The molecule has 7 heteroatoms. The van der Waals surface area contributed by atoms with Crippen LogP contribution in [-0.4, -0.2) is 32.6 Å². The zero-order chi connectivity index (χ0) is 14.0. The molecule has 0 aliphatic heterocycles. The number of halogens is 1. The van der Waals surface area contributed by atoms with E-state index in [0.717, 1.165) is 4.47 Å². The van der Waals surface area contributed by atoms with Gasteiger partial charge >= 0.3 is 0 Å². The smallest absolute Gasteiger partial charge is 0.243 e. The highest BCUT2D eigenvalue weighted by atomic mass is 79.9. The van der Waals surface area contributed by atoms with Crippen molar-refractivity contribution < 1.29 is 4.79 Å². The molecule has 2 N–H and O–H groups in total. The quantitative estimate of drug-likeness (QED) is 0.899. The minimum Gasteiger partial charge on any atom is -0.352 e. The maximum Gasteiger partial charge on any atom is 0.243 e. The van der Waals surface area contributed by atoms with Crippen LogP contribution in [-0.2, 0) is 4.79 Å². The molecular weight excluding hydrogens is 310 g/mol. The van der Waals surface area contributed by atoms with E-state index in [1.54, 1.807) is 17.6 Å². The minimum atomic E-state index is -0.390. The van der Waals surface area contributed by atoms with E-state index in [-0.39, 0.29) is 11.9 Å². The molecule has 0 fully saturated rings. The van der Waals surface area contributed by atoms with Crippen molar-refractivity contribution in [2.75, 3.05) is 5.32 Å². The molecule has 0 aliphatic carbocycles. The summed E-state index contributed by atoms with van der Waals surface area (Å²) in [5.74, 6) is 0.353. The summed E-state index contributed by atoms with van der Waals surface area (Å²) >= 11 is 3.41. The van der Waals surface area contributed by atoms with E-state index in [9.17, 15) is 4.79 Å². The van der Waals surface area contributed by atoms with Crippen LogP contribution in [0.5, 0.6) is 0 Å². The Balaban J connectivity index is 2.13. The lowest BCUT2D eigenvalue weighted by Crippen LogP contribution is -2.41. The van der Waals surface area contributed by atoms with Crippen molar-refractivity contribution in [2.45, 2.75) is 32.9 Å². The maximum absolute atomic E-state index is 11.8. The van der Waals surface area contributed by atoms with Gasteiger partial charge in [-0.25, -0.2) is 4.52 Å². The third-order valence-electron chi connectivity index (χ3n) is 2.48. The Hall–Kier alpha value is -1.63. The molecular formula is C12H16BrN5O. The Bertz CT molecular complexity index is 595. The van der Waals surface area contributed by atoms with E-state index in [1.165, 1.54) is 0 Å². The molecule has 0 spiro atoms. The van der Waals surface area contributed by atoms with Gasteiger partial charge in [-0.15, -0.1) is 5.10 Å². The minimum absolute atomic E-state index is 0.0760. The van der Waals surface area contributed by atoms with Crippen molar-refractivity contribution in [3.8, 4) is 0 Å². The van der Waals surface area contributed by atoms with Crippen molar-refractivity contribution in [2.24, 2.45) is 0 Å². The largest absolute Gasteiger partial charge is 0.352 e. The van der Waals surface area contributed by atoms with Crippen LogP contribution in [0.4, 0.5) is 5.95 Å². The summed E-state index contributed by atoms with van der Waals surface area (Å²) < 4.78 is 2.51. The highest BCUT2D eigenvalue weighted by Crippen LogP contribution is 2.17. The highest BCUT2D eigenvalue weighted by Gasteiger charge is 2.16. The van der Waals surface area contributed by atoms with Gasteiger partial charge in [-0.3, -0.25) is 4.79 Å². The van der Waals surface area contributed by atoms with Crippen LogP contribution in [0.3, 0.4) is 0 Å². The number of hydrogen-bond donors (Lipinski definition) is 2. The normalized spacial score (nSPS) is 12.7. The fourth-order valence-electron chi connectivity index (χ4n) is 1.60. The first-order chi connectivity index (χ1) is 8.97. The van der Waals surface area contributed by atoms with Gasteiger partial charge in [0.2, 0.25) is 11.9 Å². The highest BCUT2D eigenvalue weighted by molar-refractivity contribution is 9.10. The van der Waals surface area contributed by atoms with Crippen molar-refractivity contribution in [1.82, 2.24) is 19.9 Å². The lowest BCUT2D eigenvalue weighted by atomic mass is 10.3. The van der Waals surface area contributed by atoms with Crippen LogP contribution in [0.15, 0.2) is 22.8 Å². The second-order valence-electron chi connectivity index (χ2n) is 4.59. The van der Waals surface area contributed by atoms with Crippen LogP contribution >= 0.6 is 15.9 Å². The molecule has 0 radical (unpaired) electrons. The Kier molecular flexibility index (Phi) is 4.04. The summed E-state index contributed by atoms with van der Waals surface area (Å²) in [7, 11) is 0. The summed E-state index contributed by atoms with van der Waals surface area (Å²) in [6.45, 7) is 5.62. The predicted octanol–water partition coefficient (Wildman–Crippen LogP) is 1.82.